The van der Waals surface area contributed by atoms with E-state index in [1.807, 2.05) is 0 Å². The quantitative estimate of drug-likeness (QED) is 0.766. The van der Waals surface area contributed by atoms with E-state index in [-0.39, 0.29) is 5.76 Å². The van der Waals surface area contributed by atoms with Crippen LogP contribution < -0.4 is 5.73 Å². The van der Waals surface area contributed by atoms with Gasteiger partial charge < -0.3 is 15.3 Å². The average molecular weight is 204 g/mol. The highest BCUT2D eigenvalue weighted by molar-refractivity contribution is 6.32. The molecule has 0 spiro atoms. The lowest BCUT2D eigenvalue weighted by atomic mass is 10.1. The first-order valence-corrected chi connectivity index (χ1v) is 4.06. The van der Waals surface area contributed by atoms with Crippen molar-refractivity contribution in [3.05, 3.63) is 22.1 Å². The molecule has 0 radical (unpaired) electrons. The Hall–Kier alpha value is -1.00. The van der Waals surface area contributed by atoms with Gasteiger partial charge in [-0.25, -0.2) is 0 Å². The third-order valence-electron chi connectivity index (χ3n) is 1.82. The first kappa shape index (κ1) is 10.1. The van der Waals surface area contributed by atoms with Crippen molar-refractivity contribution < 1.29 is 14.3 Å². The van der Waals surface area contributed by atoms with Crippen LogP contribution in [-0.4, -0.2) is 11.1 Å². The van der Waals surface area contributed by atoms with Crippen molar-refractivity contribution in [2.45, 2.75) is 19.9 Å². The van der Waals surface area contributed by atoms with Gasteiger partial charge in [0.15, 0.2) is 6.04 Å². The van der Waals surface area contributed by atoms with Gasteiger partial charge in [0.2, 0.25) is 0 Å². The normalized spacial score (nSPS) is 12.9. The number of carboxylic acids is 1. The van der Waals surface area contributed by atoms with Crippen LogP contribution in [0.4, 0.5) is 0 Å². The minimum atomic E-state index is -1.15. The molecule has 5 heteroatoms. The van der Waals surface area contributed by atoms with Crippen LogP contribution in [-0.2, 0) is 4.79 Å². The SMILES string of the molecule is Cc1oc(C(N)C(=O)O)c(C)c1Cl. The van der Waals surface area contributed by atoms with E-state index in [1.165, 1.54) is 0 Å². The second-order valence-corrected chi connectivity index (χ2v) is 3.16. The van der Waals surface area contributed by atoms with E-state index < -0.39 is 12.0 Å². The third kappa shape index (κ3) is 1.68. The number of carbonyl (C=O) groups is 1. The largest absolute Gasteiger partial charge is 0.480 e. The van der Waals surface area contributed by atoms with Crippen molar-refractivity contribution in [2.24, 2.45) is 5.73 Å². The van der Waals surface area contributed by atoms with Crippen LogP contribution in [0.2, 0.25) is 5.02 Å². The molecule has 1 atom stereocenters. The highest BCUT2D eigenvalue weighted by Crippen LogP contribution is 2.29. The number of halogens is 1. The number of carboxylic acid groups (broad SMARTS) is 1. The summed E-state index contributed by atoms with van der Waals surface area (Å²) in [6, 6.07) is -1.15. The second-order valence-electron chi connectivity index (χ2n) is 2.78. The molecule has 1 aromatic rings. The molecule has 1 aromatic heterocycles. The summed E-state index contributed by atoms with van der Waals surface area (Å²) in [5, 5.41) is 9.07. The van der Waals surface area contributed by atoms with Gasteiger partial charge in [0.25, 0.3) is 0 Å². The summed E-state index contributed by atoms with van der Waals surface area (Å²) >= 11 is 5.80. The zero-order chi connectivity index (χ0) is 10.2. The Labute approximate surface area is 80.3 Å². The summed E-state index contributed by atoms with van der Waals surface area (Å²) < 4.78 is 5.13. The molecule has 1 unspecified atom stereocenters. The lowest BCUT2D eigenvalue weighted by Crippen LogP contribution is -2.20. The average Bonchev–Trinajstić information content (AvgIpc) is 2.31. The molecule has 4 nitrogen and oxygen atoms in total. The van der Waals surface area contributed by atoms with Gasteiger partial charge >= 0.3 is 5.97 Å². The van der Waals surface area contributed by atoms with Gasteiger partial charge in [-0.05, 0) is 13.8 Å². The maximum absolute atomic E-state index is 10.5. The molecule has 0 saturated heterocycles. The summed E-state index contributed by atoms with van der Waals surface area (Å²) in [5.41, 5.74) is 5.96. The molecule has 72 valence electrons. The predicted molar refractivity (Wildman–Crippen MR) is 47.8 cm³/mol. The number of aliphatic carboxylic acids is 1. The zero-order valence-corrected chi connectivity index (χ0v) is 8.05. The van der Waals surface area contributed by atoms with E-state index in [2.05, 4.69) is 0 Å². The minimum Gasteiger partial charge on any atom is -0.480 e. The summed E-state index contributed by atoms with van der Waals surface area (Å²) in [5.74, 6) is -0.422. The molecule has 3 N–H and O–H groups in total. The van der Waals surface area contributed by atoms with Gasteiger partial charge in [-0.2, -0.15) is 0 Å². The fourth-order valence-electron chi connectivity index (χ4n) is 1.07. The van der Waals surface area contributed by atoms with Crippen LogP contribution in [0.15, 0.2) is 4.42 Å². The van der Waals surface area contributed by atoms with Crippen molar-refractivity contribution in [3.8, 4) is 0 Å². The van der Waals surface area contributed by atoms with Crippen LogP contribution in [0.25, 0.3) is 0 Å². The molecule has 0 aliphatic carbocycles. The fourth-order valence-corrected chi connectivity index (χ4v) is 1.20. The maximum atomic E-state index is 10.5. The van der Waals surface area contributed by atoms with Crippen molar-refractivity contribution in [1.82, 2.24) is 0 Å². The lowest BCUT2D eigenvalue weighted by Gasteiger charge is -2.02. The molecule has 0 saturated carbocycles. The van der Waals surface area contributed by atoms with Crippen LogP contribution in [0.1, 0.15) is 23.1 Å². The zero-order valence-electron chi connectivity index (χ0n) is 7.30. The minimum absolute atomic E-state index is 0.218. The Kier molecular flexibility index (Phi) is 2.63. The Morgan fingerprint density at radius 3 is 2.46 bits per heavy atom. The summed E-state index contributed by atoms with van der Waals surface area (Å²) in [7, 11) is 0. The third-order valence-corrected chi connectivity index (χ3v) is 2.37. The smallest absolute Gasteiger partial charge is 0.328 e. The van der Waals surface area contributed by atoms with Gasteiger partial charge in [0.1, 0.15) is 11.5 Å². The lowest BCUT2D eigenvalue weighted by molar-refractivity contribution is -0.139. The van der Waals surface area contributed by atoms with Gasteiger partial charge in [-0.3, -0.25) is 4.79 Å². The van der Waals surface area contributed by atoms with Crippen LogP contribution >= 0.6 is 11.6 Å². The molecule has 0 fully saturated rings. The molecule has 1 heterocycles. The molecule has 0 aromatic carbocycles. The first-order chi connectivity index (χ1) is 5.95. The van der Waals surface area contributed by atoms with Crippen LogP contribution in [0.3, 0.4) is 0 Å². The Bertz CT molecular complexity index is 345. The number of furan rings is 1. The highest BCUT2D eigenvalue weighted by Gasteiger charge is 2.23. The second kappa shape index (κ2) is 3.40. The van der Waals surface area contributed by atoms with E-state index in [4.69, 9.17) is 26.9 Å². The van der Waals surface area contributed by atoms with E-state index in [9.17, 15) is 4.79 Å². The Balaban J connectivity index is 3.15. The highest BCUT2D eigenvalue weighted by atomic mass is 35.5. The summed E-state index contributed by atoms with van der Waals surface area (Å²) in [6.45, 7) is 3.34. The van der Waals surface area contributed by atoms with Crippen molar-refractivity contribution in [2.75, 3.05) is 0 Å². The van der Waals surface area contributed by atoms with Crippen molar-refractivity contribution in [3.63, 3.8) is 0 Å². The molecule has 13 heavy (non-hydrogen) atoms. The van der Waals surface area contributed by atoms with Crippen molar-refractivity contribution in [1.29, 1.82) is 0 Å². The molecule has 1 rings (SSSR count). The predicted octanol–water partition coefficient (Wildman–Crippen LogP) is 1.63. The van der Waals surface area contributed by atoms with E-state index in [0.29, 0.717) is 16.3 Å². The topological polar surface area (TPSA) is 76.5 Å². The van der Waals surface area contributed by atoms with E-state index in [1.54, 1.807) is 13.8 Å². The number of aryl methyl sites for hydroxylation is 1. The molecule has 0 aliphatic rings. The van der Waals surface area contributed by atoms with Gasteiger partial charge in [0.05, 0.1) is 5.02 Å². The van der Waals surface area contributed by atoms with Gasteiger partial charge in [0, 0.05) is 5.56 Å². The molecular formula is C8H10ClNO3. The number of hydrogen-bond donors (Lipinski definition) is 2. The fraction of sp³-hybridized carbons (Fsp3) is 0.375. The van der Waals surface area contributed by atoms with Crippen LogP contribution in [0.5, 0.6) is 0 Å². The number of nitrogens with two attached hydrogens (primary N) is 1. The van der Waals surface area contributed by atoms with Gasteiger partial charge in [-0.1, -0.05) is 11.6 Å². The monoisotopic (exact) mass is 203 g/mol. The number of hydrogen-bond acceptors (Lipinski definition) is 3. The van der Waals surface area contributed by atoms with E-state index >= 15 is 0 Å². The van der Waals surface area contributed by atoms with E-state index in [0.717, 1.165) is 0 Å². The standard InChI is InChI=1S/C8H10ClNO3/c1-3-5(9)4(2)13-7(3)6(10)8(11)12/h6H,10H2,1-2H3,(H,11,12). The molecule has 0 bridgehead atoms. The molecule has 0 aliphatic heterocycles. The van der Waals surface area contributed by atoms with Crippen molar-refractivity contribution >= 4 is 17.6 Å². The first-order valence-electron chi connectivity index (χ1n) is 3.69. The molecule has 0 amide bonds. The summed E-state index contributed by atoms with van der Waals surface area (Å²) in [6.07, 6.45) is 0. The Morgan fingerprint density at radius 2 is 2.15 bits per heavy atom. The van der Waals surface area contributed by atoms with Gasteiger partial charge in [-0.15, -0.1) is 0 Å². The summed E-state index contributed by atoms with van der Waals surface area (Å²) in [4.78, 5) is 10.5. The maximum Gasteiger partial charge on any atom is 0.328 e. The molecular weight excluding hydrogens is 194 g/mol. The Morgan fingerprint density at radius 1 is 1.62 bits per heavy atom. The van der Waals surface area contributed by atoms with Crippen LogP contribution in [0, 0.1) is 13.8 Å². The number of rotatable bonds is 2.